The molecule has 0 fully saturated rings. The number of nitrogens with one attached hydrogen (secondary N) is 1. The van der Waals surface area contributed by atoms with Crippen LogP contribution in [-0.4, -0.2) is 15.0 Å². The van der Waals surface area contributed by atoms with E-state index in [1.165, 1.54) is 12.1 Å². The van der Waals surface area contributed by atoms with Crippen molar-refractivity contribution in [2.45, 2.75) is 18.2 Å². The van der Waals surface area contributed by atoms with Gasteiger partial charge in [-0.25, -0.2) is 13.1 Å². The summed E-state index contributed by atoms with van der Waals surface area (Å²) in [5.74, 6) is 0. The molecule has 0 aliphatic heterocycles. The van der Waals surface area contributed by atoms with E-state index in [4.69, 9.17) is 11.6 Å². The van der Waals surface area contributed by atoms with Crippen LogP contribution in [0.1, 0.15) is 13.3 Å². The quantitative estimate of drug-likeness (QED) is 0.865. The highest BCUT2D eigenvalue weighted by atomic mass is 35.5. The number of halogens is 1. The summed E-state index contributed by atoms with van der Waals surface area (Å²) in [5, 5.41) is 0.527. The molecule has 0 heterocycles. The highest BCUT2D eigenvalue weighted by Gasteiger charge is 2.11. The van der Waals surface area contributed by atoms with Gasteiger partial charge in [0, 0.05) is 11.6 Å². The second kappa shape index (κ2) is 4.77. The van der Waals surface area contributed by atoms with E-state index in [2.05, 4.69) is 4.72 Å². The van der Waals surface area contributed by atoms with Crippen LogP contribution in [0.15, 0.2) is 29.2 Å². The molecule has 1 aromatic rings. The van der Waals surface area contributed by atoms with Gasteiger partial charge in [0.15, 0.2) is 0 Å². The molecule has 0 bridgehead atoms. The number of hydrogen-bond acceptors (Lipinski definition) is 2. The van der Waals surface area contributed by atoms with Gasteiger partial charge in [-0.15, -0.1) is 0 Å². The Morgan fingerprint density at radius 3 is 2.36 bits per heavy atom. The minimum Gasteiger partial charge on any atom is -0.211 e. The van der Waals surface area contributed by atoms with Crippen LogP contribution in [-0.2, 0) is 10.0 Å². The first-order valence-electron chi connectivity index (χ1n) is 4.31. The van der Waals surface area contributed by atoms with Crippen molar-refractivity contribution in [1.82, 2.24) is 4.72 Å². The number of benzene rings is 1. The van der Waals surface area contributed by atoms with Crippen molar-refractivity contribution in [2.75, 3.05) is 6.54 Å². The molecule has 0 radical (unpaired) electrons. The van der Waals surface area contributed by atoms with Crippen LogP contribution in [0.25, 0.3) is 0 Å². The van der Waals surface area contributed by atoms with Crippen LogP contribution in [0, 0.1) is 0 Å². The fourth-order valence-corrected chi connectivity index (χ4v) is 2.19. The molecule has 0 atom stereocenters. The Morgan fingerprint density at radius 1 is 1.29 bits per heavy atom. The molecule has 0 saturated heterocycles. The van der Waals surface area contributed by atoms with E-state index in [1.807, 2.05) is 6.92 Å². The number of sulfonamides is 1. The molecule has 0 aliphatic carbocycles. The zero-order valence-corrected chi connectivity index (χ0v) is 9.40. The second-order valence-electron chi connectivity index (χ2n) is 2.85. The van der Waals surface area contributed by atoms with Gasteiger partial charge < -0.3 is 0 Å². The Morgan fingerprint density at radius 2 is 1.86 bits per heavy atom. The average Bonchev–Trinajstić information content (AvgIpc) is 2.16. The zero-order chi connectivity index (χ0) is 10.6. The fourth-order valence-electron chi connectivity index (χ4n) is 0.934. The molecule has 0 saturated carbocycles. The van der Waals surface area contributed by atoms with Gasteiger partial charge in [0.1, 0.15) is 0 Å². The molecule has 0 amide bonds. The van der Waals surface area contributed by atoms with Crippen molar-refractivity contribution >= 4 is 21.6 Å². The molecule has 78 valence electrons. The predicted octanol–water partition coefficient (Wildman–Crippen LogP) is 2.03. The molecule has 0 spiro atoms. The molecule has 1 N–H and O–H groups in total. The molecule has 1 rings (SSSR count). The third-order valence-electron chi connectivity index (χ3n) is 1.67. The normalized spacial score (nSPS) is 11.6. The lowest BCUT2D eigenvalue weighted by atomic mass is 10.4. The lowest BCUT2D eigenvalue weighted by molar-refractivity contribution is 0.581. The van der Waals surface area contributed by atoms with Crippen molar-refractivity contribution < 1.29 is 8.42 Å². The Balaban J connectivity index is 2.87. The van der Waals surface area contributed by atoms with Gasteiger partial charge in [0.2, 0.25) is 10.0 Å². The minimum atomic E-state index is -3.35. The Labute approximate surface area is 89.1 Å². The maximum absolute atomic E-state index is 11.5. The van der Waals surface area contributed by atoms with E-state index in [-0.39, 0.29) is 4.90 Å². The molecule has 0 aliphatic rings. The summed E-state index contributed by atoms with van der Waals surface area (Å²) in [7, 11) is -3.35. The molecule has 0 aromatic heterocycles. The summed E-state index contributed by atoms with van der Waals surface area (Å²) in [5.41, 5.74) is 0. The average molecular weight is 234 g/mol. The van der Waals surface area contributed by atoms with Gasteiger partial charge in [0.25, 0.3) is 0 Å². The Kier molecular flexibility index (Phi) is 3.92. The summed E-state index contributed by atoms with van der Waals surface area (Å²) in [4.78, 5) is 0.246. The van der Waals surface area contributed by atoms with Crippen molar-refractivity contribution in [1.29, 1.82) is 0 Å². The lowest BCUT2D eigenvalue weighted by Gasteiger charge is -2.04. The Bertz CT molecular complexity index is 386. The number of hydrogen-bond donors (Lipinski definition) is 1. The van der Waals surface area contributed by atoms with Gasteiger partial charge in [0.05, 0.1) is 4.90 Å². The van der Waals surface area contributed by atoms with Crippen LogP contribution in [0.5, 0.6) is 0 Å². The Hall–Kier alpha value is -0.580. The first-order chi connectivity index (χ1) is 6.56. The van der Waals surface area contributed by atoms with Crippen molar-refractivity contribution in [3.63, 3.8) is 0 Å². The van der Waals surface area contributed by atoms with Gasteiger partial charge in [-0.3, -0.25) is 0 Å². The minimum absolute atomic E-state index is 0.246. The van der Waals surface area contributed by atoms with E-state index in [0.717, 1.165) is 6.42 Å². The summed E-state index contributed by atoms with van der Waals surface area (Å²) in [6, 6.07) is 6.09. The van der Waals surface area contributed by atoms with E-state index < -0.39 is 10.0 Å². The molecule has 0 unspecified atom stereocenters. The number of rotatable bonds is 4. The summed E-state index contributed by atoms with van der Waals surface area (Å²) in [6.45, 7) is 2.36. The van der Waals surface area contributed by atoms with Crippen LogP contribution in [0.4, 0.5) is 0 Å². The van der Waals surface area contributed by atoms with Crippen molar-refractivity contribution in [3.05, 3.63) is 29.3 Å². The van der Waals surface area contributed by atoms with Gasteiger partial charge in [-0.2, -0.15) is 0 Å². The maximum atomic E-state index is 11.5. The third-order valence-corrected chi connectivity index (χ3v) is 3.39. The molecule has 5 heteroatoms. The fraction of sp³-hybridized carbons (Fsp3) is 0.333. The monoisotopic (exact) mass is 233 g/mol. The van der Waals surface area contributed by atoms with Crippen LogP contribution < -0.4 is 4.72 Å². The molecular formula is C9H12ClNO2S. The lowest BCUT2D eigenvalue weighted by Crippen LogP contribution is -2.24. The highest BCUT2D eigenvalue weighted by molar-refractivity contribution is 7.89. The van der Waals surface area contributed by atoms with Gasteiger partial charge >= 0.3 is 0 Å². The maximum Gasteiger partial charge on any atom is 0.240 e. The largest absolute Gasteiger partial charge is 0.240 e. The van der Waals surface area contributed by atoms with E-state index >= 15 is 0 Å². The summed E-state index contributed by atoms with van der Waals surface area (Å²) < 4.78 is 25.6. The highest BCUT2D eigenvalue weighted by Crippen LogP contribution is 2.13. The van der Waals surface area contributed by atoms with Crippen molar-refractivity contribution in [2.24, 2.45) is 0 Å². The SMILES string of the molecule is CCCNS(=O)(=O)c1ccc(Cl)cc1. The van der Waals surface area contributed by atoms with E-state index in [0.29, 0.717) is 11.6 Å². The molecule has 3 nitrogen and oxygen atoms in total. The van der Waals surface area contributed by atoms with E-state index in [9.17, 15) is 8.42 Å². The van der Waals surface area contributed by atoms with Crippen LogP contribution >= 0.6 is 11.6 Å². The third kappa shape index (κ3) is 2.97. The second-order valence-corrected chi connectivity index (χ2v) is 5.06. The first kappa shape index (κ1) is 11.5. The smallest absolute Gasteiger partial charge is 0.211 e. The summed E-state index contributed by atoms with van der Waals surface area (Å²) >= 11 is 5.65. The topological polar surface area (TPSA) is 46.2 Å². The van der Waals surface area contributed by atoms with Crippen LogP contribution in [0.3, 0.4) is 0 Å². The molecular weight excluding hydrogens is 222 g/mol. The van der Waals surface area contributed by atoms with Crippen LogP contribution in [0.2, 0.25) is 5.02 Å². The molecule has 1 aromatic carbocycles. The standard InChI is InChI=1S/C9H12ClNO2S/c1-2-7-11-14(12,13)9-5-3-8(10)4-6-9/h3-6,11H,2,7H2,1H3. The summed E-state index contributed by atoms with van der Waals surface area (Å²) in [6.07, 6.45) is 0.771. The van der Waals surface area contributed by atoms with Gasteiger partial charge in [-0.1, -0.05) is 18.5 Å². The first-order valence-corrected chi connectivity index (χ1v) is 6.17. The van der Waals surface area contributed by atoms with Gasteiger partial charge in [-0.05, 0) is 30.7 Å². The zero-order valence-electron chi connectivity index (χ0n) is 7.83. The van der Waals surface area contributed by atoms with E-state index in [1.54, 1.807) is 12.1 Å². The van der Waals surface area contributed by atoms with Crippen molar-refractivity contribution in [3.8, 4) is 0 Å². The predicted molar refractivity (Wildman–Crippen MR) is 56.9 cm³/mol. The molecule has 14 heavy (non-hydrogen) atoms.